The highest BCUT2D eigenvalue weighted by Crippen LogP contribution is 2.35. The van der Waals surface area contributed by atoms with E-state index in [1.807, 2.05) is 24.3 Å². The number of esters is 4. The molecule has 2 aliphatic rings. The van der Waals surface area contributed by atoms with E-state index in [0.717, 1.165) is 32.8 Å². The van der Waals surface area contributed by atoms with Gasteiger partial charge in [0.05, 0.1) is 13.7 Å². The minimum Gasteiger partial charge on any atom is -0.493 e. The number of methoxy groups -OCH3 is 1. The largest absolute Gasteiger partial charge is 0.493 e. The molecule has 4 rings (SSSR count). The summed E-state index contributed by atoms with van der Waals surface area (Å²) in [6.07, 6.45) is -6.34. The quantitative estimate of drug-likeness (QED) is 0.279. The fourth-order valence-corrected chi connectivity index (χ4v) is 5.25. The number of carbonyl (C=O) groups excluding carboxylic acids is 5. The van der Waals surface area contributed by atoms with Gasteiger partial charge in [-0.15, -0.1) is 0 Å². The number of hydrogen-bond acceptors (Lipinski definition) is 13. The van der Waals surface area contributed by atoms with Crippen LogP contribution in [0.15, 0.2) is 42.5 Å². The average molecular weight is 644 g/mol. The van der Waals surface area contributed by atoms with Gasteiger partial charge in [0.1, 0.15) is 18.8 Å². The van der Waals surface area contributed by atoms with Gasteiger partial charge in [0.25, 0.3) is 5.91 Å². The Balaban J connectivity index is 1.57. The summed E-state index contributed by atoms with van der Waals surface area (Å²) in [5, 5.41) is 2.89. The molecule has 248 valence electrons. The minimum absolute atomic E-state index is 0.0736. The molecule has 1 fully saturated rings. The Morgan fingerprint density at radius 3 is 2.17 bits per heavy atom. The van der Waals surface area contributed by atoms with Crippen LogP contribution in [0, 0.1) is 0 Å². The summed E-state index contributed by atoms with van der Waals surface area (Å²) in [6, 6.07) is 12.3. The molecule has 0 aromatic heterocycles. The van der Waals surface area contributed by atoms with Gasteiger partial charge < -0.3 is 43.2 Å². The van der Waals surface area contributed by atoms with Crippen LogP contribution >= 0.6 is 0 Å². The first-order valence-corrected chi connectivity index (χ1v) is 14.6. The van der Waals surface area contributed by atoms with Crippen molar-refractivity contribution < 1.29 is 61.9 Å². The van der Waals surface area contributed by atoms with E-state index in [9.17, 15) is 24.0 Å². The lowest BCUT2D eigenvalue weighted by molar-refractivity contribution is -0.288. The molecule has 14 heteroatoms. The Kier molecular flexibility index (Phi) is 11.6. The van der Waals surface area contributed by atoms with E-state index in [0.29, 0.717) is 6.61 Å². The van der Waals surface area contributed by atoms with Gasteiger partial charge in [0.15, 0.2) is 23.7 Å². The van der Waals surface area contributed by atoms with Crippen LogP contribution in [0.1, 0.15) is 55.3 Å². The smallest absolute Gasteiger partial charge is 0.303 e. The van der Waals surface area contributed by atoms with Gasteiger partial charge in [0, 0.05) is 39.8 Å². The van der Waals surface area contributed by atoms with E-state index in [1.54, 1.807) is 0 Å². The molecule has 6 atom stereocenters. The molecule has 0 radical (unpaired) electrons. The standard InChI is InChI=1S/C32H37NO13/c1-17(34)41-16-27-28(42-18(2)35)29(43-19(3)36)30(44-20(4)37)32(46-27)45-24-11-10-22(14-25(24)39-5)31(38)33-15-26-23-9-7-6-8-21(23)12-13-40-26/h6-11,14,26-30,32H,12-13,15-16H2,1-5H3,(H,33,38)/t26-,27-,28+,29-,30+,32-/m1/s1. The molecule has 2 aromatic rings. The third-order valence-electron chi connectivity index (χ3n) is 7.16. The molecule has 0 spiro atoms. The number of ether oxygens (including phenoxy) is 8. The predicted octanol–water partition coefficient (Wildman–Crippen LogP) is 2.20. The van der Waals surface area contributed by atoms with Gasteiger partial charge >= 0.3 is 23.9 Å². The summed E-state index contributed by atoms with van der Waals surface area (Å²) in [5.41, 5.74) is 2.47. The maximum absolute atomic E-state index is 13.1. The first-order chi connectivity index (χ1) is 22.0. The zero-order chi connectivity index (χ0) is 33.4. The van der Waals surface area contributed by atoms with Crippen LogP contribution in [0.2, 0.25) is 0 Å². The highest BCUT2D eigenvalue weighted by Gasteiger charge is 2.53. The first kappa shape index (κ1) is 34.2. The summed E-state index contributed by atoms with van der Waals surface area (Å²) in [4.78, 5) is 60.9. The second-order valence-corrected chi connectivity index (χ2v) is 10.6. The Morgan fingerprint density at radius 1 is 0.826 bits per heavy atom. The van der Waals surface area contributed by atoms with Crippen LogP contribution in [0.4, 0.5) is 0 Å². The van der Waals surface area contributed by atoms with Crippen molar-refractivity contribution in [3.8, 4) is 11.5 Å². The SMILES string of the molecule is COc1cc(C(=O)NC[C@H]2OCCc3ccccc32)ccc1O[C@@H]1O[C@H](COC(C)=O)[C@H](OC(C)=O)[C@@H](OC(C)=O)[C@@H]1OC(C)=O. The monoisotopic (exact) mass is 643 g/mol. The normalized spacial score (nSPS) is 23.6. The zero-order valence-electron chi connectivity index (χ0n) is 26.1. The molecular weight excluding hydrogens is 606 g/mol. The summed E-state index contributed by atoms with van der Waals surface area (Å²) in [6.45, 7) is 4.93. The summed E-state index contributed by atoms with van der Waals surface area (Å²) < 4.78 is 44.8. The number of rotatable bonds is 11. The maximum atomic E-state index is 13.1. The van der Waals surface area contributed by atoms with Crippen LogP contribution in [-0.4, -0.2) is 87.4 Å². The zero-order valence-corrected chi connectivity index (χ0v) is 26.1. The third-order valence-corrected chi connectivity index (χ3v) is 7.16. The molecule has 0 bridgehead atoms. The molecule has 0 saturated carbocycles. The van der Waals surface area contributed by atoms with Gasteiger partial charge in [-0.25, -0.2) is 0 Å². The third kappa shape index (κ3) is 8.73. The van der Waals surface area contributed by atoms with E-state index in [2.05, 4.69) is 5.32 Å². The van der Waals surface area contributed by atoms with Gasteiger partial charge in [-0.05, 0) is 35.7 Å². The number of amides is 1. The fraction of sp³-hybridized carbons (Fsp3) is 0.469. The van der Waals surface area contributed by atoms with Crippen molar-refractivity contribution in [3.05, 3.63) is 59.2 Å². The van der Waals surface area contributed by atoms with Crippen molar-refractivity contribution in [3.63, 3.8) is 0 Å². The lowest BCUT2D eigenvalue weighted by Gasteiger charge is -2.44. The molecule has 46 heavy (non-hydrogen) atoms. The summed E-state index contributed by atoms with van der Waals surface area (Å²) in [5.74, 6) is -3.14. The highest BCUT2D eigenvalue weighted by molar-refractivity contribution is 5.95. The summed E-state index contributed by atoms with van der Waals surface area (Å²) >= 11 is 0. The Bertz CT molecular complexity index is 1440. The van der Waals surface area contributed by atoms with Crippen LogP contribution in [0.3, 0.4) is 0 Å². The second kappa shape index (κ2) is 15.5. The van der Waals surface area contributed by atoms with Crippen molar-refractivity contribution in [1.82, 2.24) is 5.32 Å². The van der Waals surface area contributed by atoms with Crippen molar-refractivity contribution in [2.45, 2.75) is 70.9 Å². The van der Waals surface area contributed by atoms with Crippen molar-refractivity contribution in [1.29, 1.82) is 0 Å². The maximum Gasteiger partial charge on any atom is 0.303 e. The molecule has 1 saturated heterocycles. The molecule has 0 unspecified atom stereocenters. The van der Waals surface area contributed by atoms with Gasteiger partial charge in [-0.3, -0.25) is 24.0 Å². The number of nitrogens with one attached hydrogen (secondary N) is 1. The van der Waals surface area contributed by atoms with E-state index in [4.69, 9.17) is 37.9 Å². The molecule has 1 N–H and O–H groups in total. The Hall–Kier alpha value is -4.69. The van der Waals surface area contributed by atoms with Crippen LogP contribution in [0.5, 0.6) is 11.5 Å². The summed E-state index contributed by atoms with van der Waals surface area (Å²) in [7, 11) is 1.36. The van der Waals surface area contributed by atoms with Crippen molar-refractivity contribution in [2.24, 2.45) is 0 Å². The van der Waals surface area contributed by atoms with Crippen LogP contribution in [-0.2, 0) is 54.0 Å². The number of carbonyl (C=O) groups is 5. The predicted molar refractivity (Wildman–Crippen MR) is 157 cm³/mol. The average Bonchev–Trinajstić information content (AvgIpc) is 3.01. The number of hydrogen-bond donors (Lipinski definition) is 1. The lowest BCUT2D eigenvalue weighted by Crippen LogP contribution is -2.63. The molecule has 1 amide bonds. The van der Waals surface area contributed by atoms with Crippen molar-refractivity contribution in [2.75, 3.05) is 26.9 Å². The Morgan fingerprint density at radius 2 is 1.50 bits per heavy atom. The van der Waals surface area contributed by atoms with E-state index >= 15 is 0 Å². The Labute approximate surface area is 265 Å². The number of benzene rings is 2. The molecule has 2 aromatic carbocycles. The van der Waals surface area contributed by atoms with Crippen LogP contribution in [0.25, 0.3) is 0 Å². The fourth-order valence-electron chi connectivity index (χ4n) is 5.25. The number of fused-ring (bicyclic) bond motifs is 1. The lowest BCUT2D eigenvalue weighted by atomic mass is 9.97. The molecule has 14 nitrogen and oxygen atoms in total. The van der Waals surface area contributed by atoms with Gasteiger partial charge in [-0.1, -0.05) is 24.3 Å². The van der Waals surface area contributed by atoms with Crippen molar-refractivity contribution >= 4 is 29.8 Å². The molecular formula is C32H37NO13. The first-order valence-electron chi connectivity index (χ1n) is 14.6. The molecule has 0 aliphatic carbocycles. The van der Waals surface area contributed by atoms with E-state index in [-0.39, 0.29) is 35.6 Å². The minimum atomic E-state index is -1.47. The van der Waals surface area contributed by atoms with E-state index < -0.39 is 61.2 Å². The second-order valence-electron chi connectivity index (χ2n) is 10.6. The van der Waals surface area contributed by atoms with Crippen LogP contribution < -0.4 is 14.8 Å². The van der Waals surface area contributed by atoms with E-state index in [1.165, 1.54) is 37.8 Å². The molecule has 2 heterocycles. The van der Waals surface area contributed by atoms with Gasteiger partial charge in [-0.2, -0.15) is 0 Å². The molecule has 2 aliphatic heterocycles. The van der Waals surface area contributed by atoms with Gasteiger partial charge in [0.2, 0.25) is 12.4 Å². The highest BCUT2D eigenvalue weighted by atomic mass is 16.7. The topological polar surface area (TPSA) is 171 Å².